The van der Waals surface area contributed by atoms with Gasteiger partial charge in [-0.3, -0.25) is 4.57 Å². The van der Waals surface area contributed by atoms with Crippen LogP contribution < -0.4 is 15.2 Å². The highest BCUT2D eigenvalue weighted by molar-refractivity contribution is 7.90. The molecule has 0 aliphatic carbocycles. The number of methoxy groups -OCH3 is 1. The monoisotopic (exact) mass is 550 g/mol. The van der Waals surface area contributed by atoms with Crippen LogP contribution in [0.25, 0.3) is 22.3 Å². The van der Waals surface area contributed by atoms with Crippen molar-refractivity contribution in [2.24, 2.45) is 0 Å². The Balaban J connectivity index is 1.94. The number of nitrogens with one attached hydrogen (secondary N) is 1. The first-order valence-electron chi connectivity index (χ1n) is 11.5. The van der Waals surface area contributed by atoms with Crippen LogP contribution in [0.1, 0.15) is 29.8 Å². The Kier molecular flexibility index (Phi) is 7.24. The van der Waals surface area contributed by atoms with Gasteiger partial charge in [-0.25, -0.2) is 23.2 Å². The highest BCUT2D eigenvalue weighted by atomic mass is 32.2. The second-order valence-corrected chi connectivity index (χ2v) is 10.8. The zero-order valence-electron chi connectivity index (χ0n) is 21.0. The summed E-state index contributed by atoms with van der Waals surface area (Å²) in [6.45, 7) is 3.57. The molecule has 9 nitrogen and oxygen atoms in total. The molecule has 0 amide bonds. The number of ether oxygens (including phenoxy) is 2. The number of rotatable bonds is 8. The van der Waals surface area contributed by atoms with Crippen LogP contribution >= 0.6 is 0 Å². The smallest absolute Gasteiger partial charge is 0.417 e. The maximum absolute atomic E-state index is 13.7. The van der Waals surface area contributed by atoms with Crippen molar-refractivity contribution in [2.45, 2.75) is 26.1 Å². The third-order valence-electron chi connectivity index (χ3n) is 5.98. The van der Waals surface area contributed by atoms with Gasteiger partial charge in [0.15, 0.2) is 11.4 Å². The molecule has 13 heteroatoms. The molecule has 3 aromatic heterocycles. The minimum atomic E-state index is -4.60. The van der Waals surface area contributed by atoms with E-state index in [1.165, 1.54) is 37.6 Å². The summed E-state index contributed by atoms with van der Waals surface area (Å²) in [5, 5.41) is 0. The largest absolute Gasteiger partial charge is 0.491 e. The van der Waals surface area contributed by atoms with Gasteiger partial charge < -0.3 is 14.5 Å². The van der Waals surface area contributed by atoms with Crippen molar-refractivity contribution in [3.63, 3.8) is 0 Å². The van der Waals surface area contributed by atoms with Gasteiger partial charge in [0.1, 0.15) is 9.84 Å². The lowest BCUT2D eigenvalue weighted by molar-refractivity contribution is -0.137. The molecular weight excluding hydrogens is 525 g/mol. The van der Waals surface area contributed by atoms with Crippen LogP contribution in [0.5, 0.6) is 11.6 Å². The molecule has 4 rings (SSSR count). The number of halogens is 3. The Hall–Kier alpha value is -3.87. The molecule has 0 fully saturated rings. The molecule has 38 heavy (non-hydrogen) atoms. The van der Waals surface area contributed by atoms with E-state index in [9.17, 15) is 26.4 Å². The molecule has 1 N–H and O–H groups in total. The van der Waals surface area contributed by atoms with Crippen LogP contribution in [0.2, 0.25) is 0 Å². The van der Waals surface area contributed by atoms with Gasteiger partial charge in [0.25, 0.3) is 5.88 Å². The molecule has 0 saturated carbocycles. The third-order valence-corrected chi connectivity index (χ3v) is 6.90. The summed E-state index contributed by atoms with van der Waals surface area (Å²) in [6.07, 6.45) is -2.33. The number of aryl methyl sites for hydroxylation is 1. The fraction of sp³-hybridized carbons (Fsp3) is 0.320. The molecule has 1 unspecified atom stereocenters. The summed E-state index contributed by atoms with van der Waals surface area (Å²) < 4.78 is 77.7. The number of pyridine rings is 2. The summed E-state index contributed by atoms with van der Waals surface area (Å²) >= 11 is 0. The highest BCUT2D eigenvalue weighted by Gasteiger charge is 2.34. The van der Waals surface area contributed by atoms with Gasteiger partial charge >= 0.3 is 11.9 Å². The van der Waals surface area contributed by atoms with Crippen LogP contribution in [0.15, 0.2) is 47.4 Å². The number of alkyl halides is 3. The first kappa shape index (κ1) is 27.2. The standard InChI is InChI=1S/C25H25F3N4O5S/c1-5-37-23-20(36-3)11-10-18(30-23)19(13-38(4,34)35)32-22-21(31-24(32)33)14(2)16(12-29-22)15-8-6-7-9-17(15)25(26,27)28/h6-12,19H,5,13H2,1-4H3,(H,31,33). The molecule has 0 saturated heterocycles. The lowest BCUT2D eigenvalue weighted by Gasteiger charge is -2.19. The van der Waals surface area contributed by atoms with E-state index in [0.717, 1.165) is 16.9 Å². The van der Waals surface area contributed by atoms with Gasteiger partial charge in [-0.2, -0.15) is 13.2 Å². The predicted molar refractivity (Wildman–Crippen MR) is 135 cm³/mol. The normalized spacial score (nSPS) is 13.0. The summed E-state index contributed by atoms with van der Waals surface area (Å²) in [6, 6.07) is 7.03. The Morgan fingerprint density at radius 2 is 1.84 bits per heavy atom. The van der Waals surface area contributed by atoms with E-state index in [1.54, 1.807) is 19.9 Å². The van der Waals surface area contributed by atoms with Gasteiger partial charge in [-0.05, 0) is 43.2 Å². The second-order valence-electron chi connectivity index (χ2n) is 8.62. The van der Waals surface area contributed by atoms with E-state index >= 15 is 0 Å². The lowest BCUT2D eigenvalue weighted by Crippen LogP contribution is -2.29. The maximum Gasteiger partial charge on any atom is 0.417 e. The van der Waals surface area contributed by atoms with Crippen molar-refractivity contribution < 1.29 is 31.1 Å². The number of aromatic amines is 1. The van der Waals surface area contributed by atoms with E-state index in [1.807, 2.05) is 0 Å². The number of sulfone groups is 1. The zero-order chi connectivity index (χ0) is 27.8. The molecule has 0 radical (unpaired) electrons. The number of H-pyrrole nitrogens is 1. The van der Waals surface area contributed by atoms with E-state index in [4.69, 9.17) is 9.47 Å². The Bertz CT molecular complexity index is 1660. The average molecular weight is 551 g/mol. The summed E-state index contributed by atoms with van der Waals surface area (Å²) in [4.78, 5) is 24.6. The molecule has 0 bridgehead atoms. The van der Waals surface area contributed by atoms with Gasteiger partial charge in [-0.15, -0.1) is 0 Å². The number of nitrogens with zero attached hydrogens (tertiary/aromatic N) is 3. The molecule has 3 heterocycles. The number of hydrogen-bond acceptors (Lipinski definition) is 7. The van der Waals surface area contributed by atoms with Crippen molar-refractivity contribution in [1.29, 1.82) is 0 Å². The van der Waals surface area contributed by atoms with Gasteiger partial charge in [0.2, 0.25) is 0 Å². The zero-order valence-corrected chi connectivity index (χ0v) is 21.8. The van der Waals surface area contributed by atoms with Crippen LogP contribution in [-0.4, -0.2) is 53.7 Å². The van der Waals surface area contributed by atoms with Crippen LogP contribution in [0.4, 0.5) is 13.2 Å². The van der Waals surface area contributed by atoms with E-state index in [2.05, 4.69) is 15.0 Å². The van der Waals surface area contributed by atoms with Crippen molar-refractivity contribution in [3.8, 4) is 22.8 Å². The topological polar surface area (TPSA) is 116 Å². The highest BCUT2D eigenvalue weighted by Crippen LogP contribution is 2.39. The average Bonchev–Trinajstić information content (AvgIpc) is 3.18. The molecular formula is C25H25F3N4O5S. The van der Waals surface area contributed by atoms with Crippen molar-refractivity contribution >= 4 is 21.0 Å². The van der Waals surface area contributed by atoms with Crippen molar-refractivity contribution in [1.82, 2.24) is 19.5 Å². The Morgan fingerprint density at radius 3 is 2.47 bits per heavy atom. The summed E-state index contributed by atoms with van der Waals surface area (Å²) in [5.41, 5.74) is -0.641. The van der Waals surface area contributed by atoms with Crippen LogP contribution in [0.3, 0.4) is 0 Å². The molecule has 1 aromatic carbocycles. The van der Waals surface area contributed by atoms with E-state index in [-0.39, 0.29) is 40.5 Å². The first-order valence-corrected chi connectivity index (χ1v) is 13.5. The van der Waals surface area contributed by atoms with Crippen molar-refractivity contribution in [2.75, 3.05) is 25.7 Å². The van der Waals surface area contributed by atoms with E-state index in [0.29, 0.717) is 11.3 Å². The van der Waals surface area contributed by atoms with Gasteiger partial charge in [0.05, 0.1) is 42.3 Å². The molecule has 202 valence electrons. The Labute approximate surface area is 216 Å². The lowest BCUT2D eigenvalue weighted by atomic mass is 9.97. The fourth-order valence-electron chi connectivity index (χ4n) is 4.31. The predicted octanol–water partition coefficient (Wildman–Crippen LogP) is 4.16. The first-order chi connectivity index (χ1) is 17.9. The molecule has 0 aliphatic rings. The second kappa shape index (κ2) is 10.1. The quantitative estimate of drug-likeness (QED) is 0.350. The number of fused-ring (bicyclic) bond motifs is 1. The number of imidazole rings is 1. The van der Waals surface area contributed by atoms with Gasteiger partial charge in [-0.1, -0.05) is 18.2 Å². The Morgan fingerprint density at radius 1 is 1.13 bits per heavy atom. The number of benzene rings is 1. The SMILES string of the molecule is CCOc1nc(C(CS(C)(=O)=O)n2c(=O)[nH]c3c(C)c(-c4ccccc4C(F)(F)F)cnc32)ccc1OC. The van der Waals surface area contributed by atoms with Crippen LogP contribution in [-0.2, 0) is 16.0 Å². The number of hydrogen-bond donors (Lipinski definition) is 1. The van der Waals surface area contributed by atoms with Gasteiger partial charge in [0, 0.05) is 18.0 Å². The minimum absolute atomic E-state index is 0.0740. The van der Waals surface area contributed by atoms with Crippen molar-refractivity contribution in [3.05, 3.63) is 69.9 Å². The molecule has 0 spiro atoms. The molecule has 0 aliphatic heterocycles. The molecule has 1 atom stereocenters. The minimum Gasteiger partial charge on any atom is -0.491 e. The fourth-order valence-corrected chi connectivity index (χ4v) is 5.21. The third kappa shape index (κ3) is 5.23. The molecule has 4 aromatic rings. The summed E-state index contributed by atoms with van der Waals surface area (Å²) in [5.74, 6) is -0.0552. The van der Waals surface area contributed by atoms with Crippen LogP contribution in [0, 0.1) is 6.92 Å². The number of aromatic nitrogens is 4. The van der Waals surface area contributed by atoms with E-state index < -0.39 is 39.1 Å². The summed E-state index contributed by atoms with van der Waals surface area (Å²) in [7, 11) is -2.22. The maximum atomic E-state index is 13.7.